The van der Waals surface area contributed by atoms with E-state index in [9.17, 15) is 14.4 Å². The van der Waals surface area contributed by atoms with Crippen molar-refractivity contribution in [2.75, 3.05) is 0 Å². The highest BCUT2D eigenvalue weighted by molar-refractivity contribution is 9.11. The third kappa shape index (κ3) is 3.68. The molecule has 2 heterocycles. The first-order valence-electron chi connectivity index (χ1n) is 7.87. The zero-order chi connectivity index (χ0) is 18.7. The summed E-state index contributed by atoms with van der Waals surface area (Å²) >= 11 is 4.53. The van der Waals surface area contributed by atoms with Crippen LogP contribution in [0, 0.1) is 0 Å². The molecule has 0 saturated heterocycles. The topological polar surface area (TPSA) is 93.1 Å². The highest BCUT2D eigenvalue weighted by Gasteiger charge is 2.17. The van der Waals surface area contributed by atoms with Crippen LogP contribution in [0.1, 0.15) is 33.5 Å². The molecule has 0 radical (unpaired) electrons. The summed E-state index contributed by atoms with van der Waals surface area (Å²) in [4.78, 5) is 37.5. The minimum Gasteiger partial charge on any atom is -0.267 e. The molecule has 0 unspecified atom stereocenters. The van der Waals surface area contributed by atoms with Crippen LogP contribution >= 0.6 is 27.3 Å². The van der Waals surface area contributed by atoms with E-state index in [4.69, 9.17) is 0 Å². The lowest BCUT2D eigenvalue weighted by molar-refractivity contribution is 0.0846. The van der Waals surface area contributed by atoms with Crippen LogP contribution in [0.5, 0.6) is 0 Å². The average Bonchev–Trinajstić information content (AvgIpc) is 3.08. The van der Waals surface area contributed by atoms with Crippen LogP contribution in [0.2, 0.25) is 0 Å². The van der Waals surface area contributed by atoms with Gasteiger partial charge in [-0.25, -0.2) is 4.68 Å². The smallest absolute Gasteiger partial charge is 0.267 e. The maximum atomic E-state index is 12.6. The highest BCUT2D eigenvalue weighted by Crippen LogP contribution is 2.21. The zero-order valence-corrected chi connectivity index (χ0v) is 16.2. The van der Waals surface area contributed by atoms with E-state index in [2.05, 4.69) is 31.9 Å². The second-order valence-electron chi connectivity index (χ2n) is 5.43. The average molecular weight is 435 g/mol. The molecule has 0 bridgehead atoms. The molecule has 2 N–H and O–H groups in total. The molecule has 134 valence electrons. The first-order valence-corrected chi connectivity index (χ1v) is 9.48. The first-order chi connectivity index (χ1) is 12.5. The van der Waals surface area contributed by atoms with Crippen LogP contribution in [0.25, 0.3) is 10.8 Å². The third-order valence-electron chi connectivity index (χ3n) is 3.60. The highest BCUT2D eigenvalue weighted by atomic mass is 79.9. The number of hydrogen-bond acceptors (Lipinski definition) is 5. The van der Waals surface area contributed by atoms with Gasteiger partial charge >= 0.3 is 0 Å². The second-order valence-corrected chi connectivity index (χ2v) is 7.90. The molecule has 3 rings (SSSR count). The molecule has 0 aliphatic rings. The SMILES string of the molecule is CCCn1nc(C(=O)NNC(=O)c2ccc(Br)s2)c2ccccc2c1=O. The Balaban J connectivity index is 1.89. The van der Waals surface area contributed by atoms with Gasteiger partial charge in [0.25, 0.3) is 17.4 Å². The summed E-state index contributed by atoms with van der Waals surface area (Å²) < 4.78 is 2.09. The Morgan fingerprint density at radius 1 is 1.12 bits per heavy atom. The number of nitrogens with one attached hydrogen (secondary N) is 2. The number of carbonyl (C=O) groups excluding carboxylic acids is 2. The van der Waals surface area contributed by atoms with Crippen molar-refractivity contribution >= 4 is 49.9 Å². The molecule has 0 aliphatic heterocycles. The molecule has 0 atom stereocenters. The Morgan fingerprint density at radius 3 is 2.46 bits per heavy atom. The second kappa shape index (κ2) is 7.79. The zero-order valence-electron chi connectivity index (χ0n) is 13.8. The third-order valence-corrected chi connectivity index (χ3v) is 5.23. The maximum absolute atomic E-state index is 12.6. The molecule has 1 aromatic carbocycles. The predicted molar refractivity (Wildman–Crippen MR) is 103 cm³/mol. The van der Waals surface area contributed by atoms with Crippen LogP contribution < -0.4 is 16.4 Å². The fraction of sp³-hybridized carbons (Fsp3) is 0.176. The summed E-state index contributed by atoms with van der Waals surface area (Å²) in [6, 6.07) is 10.2. The minimum atomic E-state index is -0.588. The van der Waals surface area contributed by atoms with Crippen molar-refractivity contribution in [1.82, 2.24) is 20.6 Å². The summed E-state index contributed by atoms with van der Waals surface area (Å²) in [6.45, 7) is 2.32. The molecule has 0 fully saturated rings. The fourth-order valence-electron chi connectivity index (χ4n) is 2.44. The molecular formula is C17H15BrN4O3S. The number of rotatable bonds is 4. The standard InChI is InChI=1S/C17H15BrN4O3S/c1-2-9-22-17(25)11-6-4-3-5-10(11)14(21-22)16(24)20-19-15(23)12-7-8-13(18)26-12/h3-8H,2,9H2,1H3,(H,19,23)(H,20,24). The predicted octanol–water partition coefficient (Wildman–Crippen LogP) is 2.71. The van der Waals surface area contributed by atoms with Gasteiger partial charge in [0.2, 0.25) is 0 Å². The van der Waals surface area contributed by atoms with Gasteiger partial charge in [-0.05, 0) is 40.5 Å². The molecule has 26 heavy (non-hydrogen) atoms. The first kappa shape index (κ1) is 18.3. The van der Waals surface area contributed by atoms with Crippen molar-refractivity contribution in [3.63, 3.8) is 0 Å². The number of thiophene rings is 1. The summed E-state index contributed by atoms with van der Waals surface area (Å²) in [6.07, 6.45) is 0.705. The fourth-order valence-corrected chi connectivity index (χ4v) is 3.72. The van der Waals surface area contributed by atoms with Crippen LogP contribution in [-0.4, -0.2) is 21.6 Å². The monoisotopic (exact) mass is 434 g/mol. The van der Waals surface area contributed by atoms with Crippen molar-refractivity contribution in [1.29, 1.82) is 0 Å². The lowest BCUT2D eigenvalue weighted by Gasteiger charge is -2.11. The number of halogens is 1. The van der Waals surface area contributed by atoms with Crippen molar-refractivity contribution in [2.45, 2.75) is 19.9 Å². The van der Waals surface area contributed by atoms with Crippen molar-refractivity contribution < 1.29 is 9.59 Å². The summed E-state index contributed by atoms with van der Waals surface area (Å²) in [7, 11) is 0. The van der Waals surface area contributed by atoms with Gasteiger partial charge in [0, 0.05) is 11.9 Å². The molecule has 9 heteroatoms. The molecule has 7 nitrogen and oxygen atoms in total. The number of hydrogen-bond donors (Lipinski definition) is 2. The van der Waals surface area contributed by atoms with Gasteiger partial charge < -0.3 is 0 Å². The molecule has 2 aromatic heterocycles. The Morgan fingerprint density at radius 2 is 1.81 bits per heavy atom. The maximum Gasteiger partial charge on any atom is 0.290 e. The Kier molecular flexibility index (Phi) is 5.48. The van der Waals surface area contributed by atoms with Gasteiger partial charge in [0.1, 0.15) is 0 Å². The molecule has 0 aliphatic carbocycles. The van der Waals surface area contributed by atoms with Gasteiger partial charge in [0.15, 0.2) is 5.69 Å². The van der Waals surface area contributed by atoms with E-state index in [1.54, 1.807) is 36.4 Å². The summed E-state index contributed by atoms with van der Waals surface area (Å²) in [5, 5.41) is 5.03. The molecule has 3 aromatic rings. The van der Waals surface area contributed by atoms with E-state index >= 15 is 0 Å². The Hall–Kier alpha value is -2.52. The number of nitrogens with zero attached hydrogens (tertiary/aromatic N) is 2. The van der Waals surface area contributed by atoms with Gasteiger partial charge in [0.05, 0.1) is 14.0 Å². The molecular weight excluding hydrogens is 420 g/mol. The van der Waals surface area contributed by atoms with Crippen molar-refractivity contribution in [3.05, 3.63) is 61.1 Å². The van der Waals surface area contributed by atoms with Gasteiger partial charge in [-0.1, -0.05) is 25.1 Å². The van der Waals surface area contributed by atoms with E-state index in [-0.39, 0.29) is 11.3 Å². The number of aryl methyl sites for hydroxylation is 1. The lowest BCUT2D eigenvalue weighted by Crippen LogP contribution is -2.42. The number of amides is 2. The van der Waals surface area contributed by atoms with E-state index in [1.807, 2.05) is 6.92 Å². The Labute approximate surface area is 161 Å². The summed E-state index contributed by atoms with van der Waals surface area (Å²) in [5.41, 5.74) is 4.57. The quantitative estimate of drug-likeness (QED) is 0.617. The van der Waals surface area contributed by atoms with Crippen LogP contribution in [0.15, 0.2) is 45.0 Å². The van der Waals surface area contributed by atoms with E-state index in [0.29, 0.717) is 28.6 Å². The lowest BCUT2D eigenvalue weighted by atomic mass is 10.1. The summed E-state index contributed by atoms with van der Waals surface area (Å²) in [5.74, 6) is -1.02. The van der Waals surface area contributed by atoms with E-state index in [1.165, 1.54) is 16.0 Å². The number of fused-ring (bicyclic) bond motifs is 1. The van der Waals surface area contributed by atoms with Crippen LogP contribution in [0.3, 0.4) is 0 Å². The number of aromatic nitrogens is 2. The van der Waals surface area contributed by atoms with E-state index < -0.39 is 11.8 Å². The van der Waals surface area contributed by atoms with Crippen LogP contribution in [-0.2, 0) is 6.54 Å². The van der Waals surface area contributed by atoms with Crippen molar-refractivity contribution in [2.24, 2.45) is 0 Å². The normalized spacial score (nSPS) is 10.7. The van der Waals surface area contributed by atoms with Gasteiger partial charge in [-0.2, -0.15) is 5.10 Å². The number of carbonyl (C=O) groups is 2. The Bertz CT molecular complexity index is 1040. The molecule has 2 amide bonds. The molecule has 0 saturated carbocycles. The minimum absolute atomic E-state index is 0.0845. The number of benzene rings is 1. The largest absolute Gasteiger partial charge is 0.290 e. The van der Waals surface area contributed by atoms with Crippen molar-refractivity contribution in [3.8, 4) is 0 Å². The van der Waals surface area contributed by atoms with Crippen LogP contribution in [0.4, 0.5) is 0 Å². The van der Waals surface area contributed by atoms with E-state index in [0.717, 1.165) is 3.79 Å². The molecule has 0 spiro atoms. The number of hydrazine groups is 1. The van der Waals surface area contributed by atoms with Gasteiger partial charge in [-0.3, -0.25) is 25.2 Å². The van der Waals surface area contributed by atoms with Gasteiger partial charge in [-0.15, -0.1) is 11.3 Å².